The van der Waals surface area contributed by atoms with Gasteiger partial charge in [-0.25, -0.2) is 0 Å². The summed E-state index contributed by atoms with van der Waals surface area (Å²) in [5, 5.41) is 3.85. The van der Waals surface area contributed by atoms with Crippen molar-refractivity contribution >= 4 is 22.7 Å². The van der Waals surface area contributed by atoms with Gasteiger partial charge in [-0.05, 0) is 30.7 Å². The Kier molecular flexibility index (Phi) is 6.54. The summed E-state index contributed by atoms with van der Waals surface area (Å²) in [5.74, 6) is 0.402. The highest BCUT2D eigenvalue weighted by Crippen LogP contribution is 2.19. The van der Waals surface area contributed by atoms with Crippen LogP contribution in [-0.2, 0) is 16.0 Å². The fourth-order valence-electron chi connectivity index (χ4n) is 3.28. The van der Waals surface area contributed by atoms with Gasteiger partial charge in [0.2, 0.25) is 11.8 Å². The molecule has 0 fully saturated rings. The molecule has 0 aliphatic rings. The minimum atomic E-state index is -0.629. The third-order valence-electron chi connectivity index (χ3n) is 4.87. The summed E-state index contributed by atoms with van der Waals surface area (Å²) >= 11 is 0. The Balaban J connectivity index is 1.63. The first-order chi connectivity index (χ1) is 13.9. The van der Waals surface area contributed by atoms with Crippen LogP contribution in [0.15, 0.2) is 54.7 Å². The fourth-order valence-corrected chi connectivity index (χ4v) is 3.28. The highest BCUT2D eigenvalue weighted by atomic mass is 16.5. The van der Waals surface area contributed by atoms with Crippen LogP contribution in [0.1, 0.15) is 18.1 Å². The average Bonchev–Trinajstić information content (AvgIpc) is 3.11. The zero-order valence-corrected chi connectivity index (χ0v) is 17.1. The second kappa shape index (κ2) is 9.28. The van der Waals surface area contributed by atoms with Gasteiger partial charge in [0, 0.05) is 37.5 Å². The number of amides is 2. The predicted octanol–water partition coefficient (Wildman–Crippen LogP) is 3.06. The van der Waals surface area contributed by atoms with E-state index in [1.54, 1.807) is 11.9 Å². The molecule has 1 unspecified atom stereocenters. The smallest absolute Gasteiger partial charge is 0.245 e. The van der Waals surface area contributed by atoms with Crippen LogP contribution in [0.5, 0.6) is 5.75 Å². The van der Waals surface area contributed by atoms with Gasteiger partial charge >= 0.3 is 0 Å². The first kappa shape index (κ1) is 20.5. The van der Waals surface area contributed by atoms with Crippen LogP contribution in [0.2, 0.25) is 0 Å². The molecule has 0 aliphatic carbocycles. The fraction of sp³-hybridized carbons (Fsp3) is 0.304. The number of nitrogens with one attached hydrogen (secondary N) is 2. The van der Waals surface area contributed by atoms with Crippen molar-refractivity contribution in [3.63, 3.8) is 0 Å². The van der Waals surface area contributed by atoms with E-state index in [0.29, 0.717) is 19.6 Å². The van der Waals surface area contributed by atoms with Gasteiger partial charge in [-0.3, -0.25) is 9.59 Å². The number of aryl methyl sites for hydroxylation is 1. The quantitative estimate of drug-likeness (QED) is 0.618. The number of carbonyl (C=O) groups excluding carboxylic acids is 2. The summed E-state index contributed by atoms with van der Waals surface area (Å²) in [6.45, 7) is 4.25. The number of fused-ring (bicyclic) bond motifs is 1. The van der Waals surface area contributed by atoms with Crippen LogP contribution < -0.4 is 10.1 Å². The van der Waals surface area contributed by atoms with Gasteiger partial charge in [-0.2, -0.15) is 0 Å². The first-order valence-corrected chi connectivity index (χ1v) is 9.70. The van der Waals surface area contributed by atoms with Crippen molar-refractivity contribution in [3.05, 3.63) is 65.9 Å². The Morgan fingerprint density at radius 1 is 1.14 bits per heavy atom. The van der Waals surface area contributed by atoms with Crippen molar-refractivity contribution in [2.24, 2.45) is 0 Å². The molecule has 0 aliphatic heterocycles. The third-order valence-corrected chi connectivity index (χ3v) is 4.87. The van der Waals surface area contributed by atoms with Crippen LogP contribution >= 0.6 is 0 Å². The lowest BCUT2D eigenvalue weighted by molar-refractivity contribution is -0.135. The number of carbonyl (C=O) groups is 2. The molecule has 0 saturated heterocycles. The Hall–Kier alpha value is -3.28. The number of nitrogens with zero attached hydrogens (tertiary/aromatic N) is 1. The second-order valence-corrected chi connectivity index (χ2v) is 7.24. The van der Waals surface area contributed by atoms with Gasteiger partial charge in [-0.15, -0.1) is 0 Å². The molecule has 0 spiro atoms. The lowest BCUT2D eigenvalue weighted by Gasteiger charge is -2.24. The van der Waals surface area contributed by atoms with Crippen LogP contribution in [0.4, 0.5) is 0 Å². The van der Waals surface area contributed by atoms with Crippen molar-refractivity contribution in [2.45, 2.75) is 26.3 Å². The zero-order valence-electron chi connectivity index (χ0n) is 17.1. The summed E-state index contributed by atoms with van der Waals surface area (Å²) in [7, 11) is 1.73. The number of hydrogen-bond donors (Lipinski definition) is 2. The Morgan fingerprint density at radius 2 is 1.86 bits per heavy atom. The van der Waals surface area contributed by atoms with E-state index in [0.717, 1.165) is 22.2 Å². The molecule has 2 N–H and O–H groups in total. The number of likely N-dealkylation sites (N-methyl/N-ethyl adjacent to an activating group) is 1. The van der Waals surface area contributed by atoms with Crippen molar-refractivity contribution in [1.29, 1.82) is 0 Å². The van der Waals surface area contributed by atoms with Gasteiger partial charge in [0.05, 0.1) is 6.54 Å². The van der Waals surface area contributed by atoms with E-state index < -0.39 is 6.04 Å². The Labute approximate surface area is 170 Å². The Bertz CT molecular complexity index is 978. The summed E-state index contributed by atoms with van der Waals surface area (Å²) in [6.07, 6.45) is 2.32. The van der Waals surface area contributed by atoms with Gasteiger partial charge in [0.15, 0.2) is 0 Å². The summed E-state index contributed by atoms with van der Waals surface area (Å²) in [6, 6.07) is 15.1. The van der Waals surface area contributed by atoms with E-state index in [1.165, 1.54) is 12.5 Å². The number of rotatable bonds is 8. The largest absolute Gasteiger partial charge is 0.492 e. The van der Waals surface area contributed by atoms with E-state index in [9.17, 15) is 9.59 Å². The molecular weight excluding hydrogens is 366 g/mol. The van der Waals surface area contributed by atoms with E-state index in [2.05, 4.69) is 10.3 Å². The second-order valence-electron chi connectivity index (χ2n) is 7.24. The van der Waals surface area contributed by atoms with Crippen LogP contribution in [-0.4, -0.2) is 47.9 Å². The molecule has 0 saturated carbocycles. The SMILES string of the molecule is CC(=O)NC(Cc1c[nH]c2ccccc12)C(=O)N(C)CCOc1ccc(C)cc1. The lowest BCUT2D eigenvalue weighted by atomic mass is 10.0. The number of hydrogen-bond acceptors (Lipinski definition) is 3. The molecule has 1 heterocycles. The summed E-state index contributed by atoms with van der Waals surface area (Å²) < 4.78 is 5.72. The van der Waals surface area contributed by atoms with E-state index in [1.807, 2.05) is 61.7 Å². The van der Waals surface area contributed by atoms with Gasteiger partial charge in [0.1, 0.15) is 18.4 Å². The van der Waals surface area contributed by atoms with E-state index in [-0.39, 0.29) is 11.8 Å². The number of H-pyrrole nitrogens is 1. The molecule has 1 atom stereocenters. The topological polar surface area (TPSA) is 74.4 Å². The van der Waals surface area contributed by atoms with Crippen molar-refractivity contribution in [3.8, 4) is 5.75 Å². The molecule has 6 heteroatoms. The molecule has 0 bridgehead atoms. The zero-order chi connectivity index (χ0) is 20.8. The molecule has 2 aromatic carbocycles. The highest BCUT2D eigenvalue weighted by molar-refractivity contribution is 5.89. The molecule has 2 amide bonds. The van der Waals surface area contributed by atoms with Gasteiger partial charge in [0.25, 0.3) is 0 Å². The maximum absolute atomic E-state index is 13.0. The number of aromatic amines is 1. The van der Waals surface area contributed by atoms with Crippen molar-refractivity contribution < 1.29 is 14.3 Å². The van der Waals surface area contributed by atoms with E-state index in [4.69, 9.17) is 4.74 Å². The minimum Gasteiger partial charge on any atom is -0.492 e. The number of para-hydroxylation sites is 1. The molecule has 1 aromatic heterocycles. The number of ether oxygens (including phenoxy) is 1. The third kappa shape index (κ3) is 5.38. The van der Waals surface area contributed by atoms with Crippen LogP contribution in [0, 0.1) is 6.92 Å². The van der Waals surface area contributed by atoms with Crippen LogP contribution in [0.25, 0.3) is 10.9 Å². The molecule has 29 heavy (non-hydrogen) atoms. The Morgan fingerprint density at radius 3 is 2.59 bits per heavy atom. The number of benzene rings is 2. The average molecular weight is 393 g/mol. The van der Waals surface area contributed by atoms with E-state index >= 15 is 0 Å². The number of aromatic nitrogens is 1. The normalized spacial score (nSPS) is 11.8. The molecule has 152 valence electrons. The maximum atomic E-state index is 13.0. The minimum absolute atomic E-state index is 0.141. The molecule has 3 aromatic rings. The summed E-state index contributed by atoms with van der Waals surface area (Å²) in [5.41, 5.74) is 3.17. The van der Waals surface area contributed by atoms with Crippen LogP contribution in [0.3, 0.4) is 0 Å². The molecular formula is C23H27N3O3. The monoisotopic (exact) mass is 393 g/mol. The first-order valence-electron chi connectivity index (χ1n) is 9.70. The maximum Gasteiger partial charge on any atom is 0.245 e. The lowest BCUT2D eigenvalue weighted by Crippen LogP contribution is -2.48. The van der Waals surface area contributed by atoms with Crippen molar-refractivity contribution in [2.75, 3.05) is 20.2 Å². The molecule has 0 radical (unpaired) electrons. The molecule has 6 nitrogen and oxygen atoms in total. The van der Waals surface area contributed by atoms with Crippen molar-refractivity contribution in [1.82, 2.24) is 15.2 Å². The molecule has 3 rings (SSSR count). The standard InChI is InChI=1S/C23H27N3O3/c1-16-8-10-19(11-9-16)29-13-12-26(3)23(28)22(25-17(2)27)14-18-15-24-21-7-5-4-6-20(18)21/h4-11,15,22,24H,12-14H2,1-3H3,(H,25,27). The highest BCUT2D eigenvalue weighted by Gasteiger charge is 2.24. The predicted molar refractivity (Wildman–Crippen MR) is 114 cm³/mol. The van der Waals surface area contributed by atoms with Gasteiger partial charge in [-0.1, -0.05) is 35.9 Å². The van der Waals surface area contributed by atoms with Gasteiger partial charge < -0.3 is 19.9 Å². The summed E-state index contributed by atoms with van der Waals surface area (Å²) in [4.78, 5) is 29.5.